The molecule has 3 aromatic rings. The van der Waals surface area contributed by atoms with Crippen LogP contribution in [0.1, 0.15) is 21.4 Å². The van der Waals surface area contributed by atoms with Crippen molar-refractivity contribution in [1.29, 1.82) is 0 Å². The Labute approximate surface area is 124 Å². The van der Waals surface area contributed by atoms with E-state index in [9.17, 15) is 5.11 Å². The zero-order valence-electron chi connectivity index (χ0n) is 10.4. The summed E-state index contributed by atoms with van der Waals surface area (Å²) in [4.78, 5) is 2.16. The van der Waals surface area contributed by atoms with Gasteiger partial charge in [-0.2, -0.15) is 0 Å². The van der Waals surface area contributed by atoms with Crippen LogP contribution in [0.3, 0.4) is 0 Å². The molecule has 0 amide bonds. The topological polar surface area (TPSA) is 20.2 Å². The van der Waals surface area contributed by atoms with Gasteiger partial charge in [-0.05, 0) is 45.3 Å². The molecule has 1 heterocycles. The number of hydrogen-bond donors (Lipinski definition) is 1. The minimum absolute atomic E-state index is 0.584. The number of fused-ring (bicyclic) bond motifs is 1. The Balaban J connectivity index is 2.16. The van der Waals surface area contributed by atoms with Gasteiger partial charge in [0.15, 0.2) is 0 Å². The summed E-state index contributed by atoms with van der Waals surface area (Å²) >= 11 is 5.16. The molecule has 0 saturated heterocycles. The number of halogens is 1. The highest BCUT2D eigenvalue weighted by molar-refractivity contribution is 9.10. The summed E-state index contributed by atoms with van der Waals surface area (Å²) in [5, 5.41) is 12.9. The quantitative estimate of drug-likeness (QED) is 0.695. The standard InChI is InChI=1S/C16H13BrOS/c1-10-9-14(17)16(19-10)15(18)13-8-4-6-11-5-2-3-7-12(11)13/h2-9,15,18H,1H3. The van der Waals surface area contributed by atoms with Crippen LogP contribution in [-0.4, -0.2) is 5.11 Å². The largest absolute Gasteiger partial charge is 0.383 e. The summed E-state index contributed by atoms with van der Waals surface area (Å²) in [5.74, 6) is 0. The van der Waals surface area contributed by atoms with Crippen LogP contribution in [0.15, 0.2) is 53.0 Å². The van der Waals surface area contributed by atoms with Gasteiger partial charge in [-0.25, -0.2) is 0 Å². The molecule has 19 heavy (non-hydrogen) atoms. The molecule has 0 aliphatic carbocycles. The minimum atomic E-state index is -0.584. The first-order valence-electron chi connectivity index (χ1n) is 6.08. The Kier molecular flexibility index (Phi) is 3.44. The Hall–Kier alpha value is -1.16. The number of aryl methyl sites for hydroxylation is 1. The molecule has 1 N–H and O–H groups in total. The van der Waals surface area contributed by atoms with E-state index in [-0.39, 0.29) is 0 Å². The molecule has 1 atom stereocenters. The van der Waals surface area contributed by atoms with E-state index in [4.69, 9.17) is 0 Å². The van der Waals surface area contributed by atoms with E-state index in [1.807, 2.05) is 30.3 Å². The van der Waals surface area contributed by atoms with E-state index in [2.05, 4.69) is 41.1 Å². The van der Waals surface area contributed by atoms with Gasteiger partial charge in [0.1, 0.15) is 6.10 Å². The van der Waals surface area contributed by atoms with Crippen LogP contribution in [-0.2, 0) is 0 Å². The second-order valence-corrected chi connectivity index (χ2v) is 6.68. The highest BCUT2D eigenvalue weighted by atomic mass is 79.9. The molecule has 1 nitrogen and oxygen atoms in total. The molecule has 0 radical (unpaired) electrons. The van der Waals surface area contributed by atoms with Gasteiger partial charge in [0.05, 0.1) is 4.88 Å². The van der Waals surface area contributed by atoms with Gasteiger partial charge < -0.3 is 5.11 Å². The van der Waals surface area contributed by atoms with Crippen molar-refractivity contribution in [3.8, 4) is 0 Å². The van der Waals surface area contributed by atoms with E-state index >= 15 is 0 Å². The number of aliphatic hydroxyl groups is 1. The Bertz CT molecular complexity index is 727. The molecule has 3 rings (SSSR count). The van der Waals surface area contributed by atoms with Crippen molar-refractivity contribution in [1.82, 2.24) is 0 Å². The van der Waals surface area contributed by atoms with Crippen molar-refractivity contribution in [2.45, 2.75) is 13.0 Å². The van der Waals surface area contributed by atoms with Gasteiger partial charge in [-0.15, -0.1) is 11.3 Å². The molecule has 1 aromatic heterocycles. The fourth-order valence-corrected chi connectivity index (χ4v) is 4.19. The third-order valence-electron chi connectivity index (χ3n) is 3.20. The van der Waals surface area contributed by atoms with Gasteiger partial charge in [0, 0.05) is 9.35 Å². The fraction of sp³-hybridized carbons (Fsp3) is 0.125. The molecule has 0 fully saturated rings. The highest BCUT2D eigenvalue weighted by Gasteiger charge is 2.18. The summed E-state index contributed by atoms with van der Waals surface area (Å²) in [6, 6.07) is 16.3. The van der Waals surface area contributed by atoms with E-state index in [1.54, 1.807) is 11.3 Å². The zero-order valence-corrected chi connectivity index (χ0v) is 12.8. The molecular formula is C16H13BrOS. The third-order valence-corrected chi connectivity index (χ3v) is 5.22. The first-order chi connectivity index (χ1) is 9.16. The molecule has 96 valence electrons. The lowest BCUT2D eigenvalue weighted by atomic mass is 10.00. The van der Waals surface area contributed by atoms with Crippen LogP contribution in [0.2, 0.25) is 0 Å². The molecule has 0 aliphatic heterocycles. The van der Waals surface area contributed by atoms with Gasteiger partial charge in [-0.1, -0.05) is 42.5 Å². The predicted molar refractivity (Wildman–Crippen MR) is 84.8 cm³/mol. The van der Waals surface area contributed by atoms with Crippen LogP contribution < -0.4 is 0 Å². The summed E-state index contributed by atoms with van der Waals surface area (Å²) in [6.07, 6.45) is -0.584. The van der Waals surface area contributed by atoms with Gasteiger partial charge in [0.25, 0.3) is 0 Å². The molecule has 0 spiro atoms. The number of benzene rings is 2. The monoisotopic (exact) mass is 332 g/mol. The van der Waals surface area contributed by atoms with E-state index < -0.39 is 6.10 Å². The number of aliphatic hydroxyl groups excluding tert-OH is 1. The zero-order chi connectivity index (χ0) is 13.4. The molecule has 0 bridgehead atoms. The lowest BCUT2D eigenvalue weighted by Gasteiger charge is -2.13. The van der Waals surface area contributed by atoms with Crippen molar-refractivity contribution >= 4 is 38.0 Å². The minimum Gasteiger partial charge on any atom is -0.383 e. The number of thiophene rings is 1. The number of hydrogen-bond acceptors (Lipinski definition) is 2. The maximum atomic E-state index is 10.7. The summed E-state index contributed by atoms with van der Waals surface area (Å²) in [5.41, 5.74) is 0.959. The lowest BCUT2D eigenvalue weighted by Crippen LogP contribution is -1.98. The molecule has 0 saturated carbocycles. The Morgan fingerprint density at radius 2 is 1.84 bits per heavy atom. The maximum Gasteiger partial charge on any atom is 0.115 e. The average Bonchev–Trinajstić information content (AvgIpc) is 2.76. The smallest absolute Gasteiger partial charge is 0.115 e. The average molecular weight is 333 g/mol. The van der Waals surface area contributed by atoms with Crippen molar-refractivity contribution in [3.05, 3.63) is 68.3 Å². The van der Waals surface area contributed by atoms with Crippen LogP contribution in [0, 0.1) is 6.92 Å². The van der Waals surface area contributed by atoms with Gasteiger partial charge in [-0.3, -0.25) is 0 Å². The second kappa shape index (κ2) is 5.08. The second-order valence-electron chi connectivity index (χ2n) is 4.54. The van der Waals surface area contributed by atoms with Crippen molar-refractivity contribution < 1.29 is 5.11 Å². The van der Waals surface area contributed by atoms with Crippen molar-refractivity contribution in [2.24, 2.45) is 0 Å². The maximum absolute atomic E-state index is 10.7. The molecule has 1 unspecified atom stereocenters. The van der Waals surface area contributed by atoms with Crippen LogP contribution in [0.5, 0.6) is 0 Å². The van der Waals surface area contributed by atoms with E-state index in [0.29, 0.717) is 0 Å². The SMILES string of the molecule is Cc1cc(Br)c(C(O)c2cccc3ccccc23)s1. The summed E-state index contributed by atoms with van der Waals surface area (Å²) < 4.78 is 0.982. The number of rotatable bonds is 2. The molecule has 3 heteroatoms. The van der Waals surface area contributed by atoms with Crippen molar-refractivity contribution in [2.75, 3.05) is 0 Å². The molecular weight excluding hydrogens is 320 g/mol. The Morgan fingerprint density at radius 3 is 2.58 bits per heavy atom. The van der Waals surface area contributed by atoms with Gasteiger partial charge >= 0.3 is 0 Å². The summed E-state index contributed by atoms with van der Waals surface area (Å²) in [7, 11) is 0. The van der Waals surface area contributed by atoms with E-state index in [1.165, 1.54) is 4.88 Å². The first kappa shape index (κ1) is 12.9. The first-order valence-corrected chi connectivity index (χ1v) is 7.69. The van der Waals surface area contributed by atoms with Crippen LogP contribution in [0.4, 0.5) is 0 Å². The molecule has 2 aromatic carbocycles. The molecule has 0 aliphatic rings. The lowest BCUT2D eigenvalue weighted by molar-refractivity contribution is 0.225. The van der Waals surface area contributed by atoms with E-state index in [0.717, 1.165) is 25.7 Å². The highest BCUT2D eigenvalue weighted by Crippen LogP contribution is 2.37. The predicted octanol–water partition coefficient (Wildman–Crippen LogP) is 5.05. The van der Waals surface area contributed by atoms with Crippen LogP contribution in [0.25, 0.3) is 10.8 Å². The van der Waals surface area contributed by atoms with Crippen LogP contribution >= 0.6 is 27.3 Å². The fourth-order valence-electron chi connectivity index (χ4n) is 2.32. The van der Waals surface area contributed by atoms with Gasteiger partial charge in [0.2, 0.25) is 0 Å². The third kappa shape index (κ3) is 2.34. The normalized spacial score (nSPS) is 12.8. The Morgan fingerprint density at radius 1 is 1.11 bits per heavy atom. The van der Waals surface area contributed by atoms with Crippen molar-refractivity contribution in [3.63, 3.8) is 0 Å². The summed E-state index contributed by atoms with van der Waals surface area (Å²) in [6.45, 7) is 2.05.